The van der Waals surface area contributed by atoms with E-state index in [4.69, 9.17) is 10.9 Å². The summed E-state index contributed by atoms with van der Waals surface area (Å²) in [7, 11) is 0. The minimum Gasteiger partial charge on any atom is -0.410 e. The quantitative estimate of drug-likeness (QED) is 0.477. The first-order chi connectivity index (χ1) is 6.56. The molecule has 14 heavy (non-hydrogen) atoms. The van der Waals surface area contributed by atoms with Gasteiger partial charge < -0.3 is 10.9 Å². The third kappa shape index (κ3) is 2.11. The molecule has 0 aliphatic carbocycles. The number of carbonyl (C=O) groups is 1. The minimum atomic E-state index is -0.752. The Bertz CT molecular complexity index is 402. The van der Waals surface area contributed by atoms with Crippen molar-refractivity contribution in [3.8, 4) is 0 Å². The summed E-state index contributed by atoms with van der Waals surface area (Å²) in [5.74, 6) is -0.752. The van der Waals surface area contributed by atoms with Crippen LogP contribution in [0.15, 0.2) is 27.8 Å². The molecule has 1 amide bonds. The first-order valence-electron chi connectivity index (χ1n) is 3.84. The van der Waals surface area contributed by atoms with E-state index in [1.54, 1.807) is 19.1 Å². The highest BCUT2D eigenvalue weighted by Gasteiger charge is 2.13. The molecule has 5 heteroatoms. The number of carbonyl (C=O) groups excluding carboxylic acids is 1. The maximum absolute atomic E-state index is 10.9. The van der Waals surface area contributed by atoms with Gasteiger partial charge in [0.15, 0.2) is 5.71 Å². The second-order valence-electron chi connectivity index (χ2n) is 2.77. The predicted molar refractivity (Wildman–Crippen MR) is 56.4 cm³/mol. The lowest BCUT2D eigenvalue weighted by molar-refractivity contribution is -0.112. The Labute approximate surface area is 89.5 Å². The van der Waals surface area contributed by atoms with E-state index in [2.05, 4.69) is 21.1 Å². The summed E-state index contributed by atoms with van der Waals surface area (Å²) in [5, 5.41) is 11.5. The maximum Gasteiger partial charge on any atom is 0.271 e. The van der Waals surface area contributed by atoms with Gasteiger partial charge in [0.05, 0.1) is 0 Å². The summed E-state index contributed by atoms with van der Waals surface area (Å²) >= 11 is 3.29. The van der Waals surface area contributed by atoms with Crippen molar-refractivity contribution in [2.75, 3.05) is 0 Å². The molecule has 0 bridgehead atoms. The van der Waals surface area contributed by atoms with Crippen LogP contribution >= 0.6 is 15.9 Å². The molecule has 1 aromatic carbocycles. The lowest BCUT2D eigenvalue weighted by Crippen LogP contribution is -2.24. The van der Waals surface area contributed by atoms with Crippen LogP contribution in [0.4, 0.5) is 0 Å². The van der Waals surface area contributed by atoms with Crippen molar-refractivity contribution in [3.63, 3.8) is 0 Å². The fourth-order valence-electron chi connectivity index (χ4n) is 1.13. The normalized spacial score (nSPS) is 11.4. The monoisotopic (exact) mass is 256 g/mol. The standard InChI is InChI=1S/C9H9BrN2O2/c1-5-4-6(10)2-3-7(5)8(12-14)9(11)13/h2-4,14H,1H3,(H2,11,13)/b12-8-. The molecule has 0 heterocycles. The number of amides is 1. The first-order valence-corrected chi connectivity index (χ1v) is 4.64. The lowest BCUT2D eigenvalue weighted by Gasteiger charge is -2.04. The minimum absolute atomic E-state index is 0.130. The number of oxime groups is 1. The summed E-state index contributed by atoms with van der Waals surface area (Å²) in [6.45, 7) is 1.80. The number of primary amides is 1. The van der Waals surface area contributed by atoms with E-state index in [1.807, 2.05) is 6.07 Å². The maximum atomic E-state index is 10.9. The number of hydrogen-bond donors (Lipinski definition) is 2. The van der Waals surface area contributed by atoms with Gasteiger partial charge in [-0.25, -0.2) is 0 Å². The van der Waals surface area contributed by atoms with E-state index in [1.165, 1.54) is 0 Å². The molecule has 1 aromatic rings. The van der Waals surface area contributed by atoms with Crippen molar-refractivity contribution in [3.05, 3.63) is 33.8 Å². The van der Waals surface area contributed by atoms with E-state index < -0.39 is 5.91 Å². The van der Waals surface area contributed by atoms with Crippen molar-refractivity contribution in [1.82, 2.24) is 0 Å². The Morgan fingerprint density at radius 1 is 1.57 bits per heavy atom. The Kier molecular flexibility index (Phi) is 3.24. The number of hydrogen-bond acceptors (Lipinski definition) is 3. The van der Waals surface area contributed by atoms with E-state index in [9.17, 15) is 4.79 Å². The van der Waals surface area contributed by atoms with Crippen LogP contribution < -0.4 is 5.73 Å². The van der Waals surface area contributed by atoms with Crippen LogP contribution in [-0.2, 0) is 4.79 Å². The Hall–Kier alpha value is -1.36. The van der Waals surface area contributed by atoms with E-state index in [0.717, 1.165) is 10.0 Å². The molecule has 0 aromatic heterocycles. The van der Waals surface area contributed by atoms with Crippen molar-refractivity contribution in [2.24, 2.45) is 10.9 Å². The Balaban J connectivity index is 3.25. The summed E-state index contributed by atoms with van der Waals surface area (Å²) in [4.78, 5) is 10.9. The van der Waals surface area contributed by atoms with Gasteiger partial charge in [-0.3, -0.25) is 4.79 Å². The van der Waals surface area contributed by atoms with Crippen LogP contribution in [-0.4, -0.2) is 16.8 Å². The van der Waals surface area contributed by atoms with Crippen LogP contribution in [0, 0.1) is 6.92 Å². The molecular weight excluding hydrogens is 248 g/mol. The van der Waals surface area contributed by atoms with Gasteiger partial charge in [-0.05, 0) is 24.6 Å². The molecule has 0 aliphatic heterocycles. The summed E-state index contributed by atoms with van der Waals surface area (Å²) in [5.41, 5.74) is 6.26. The summed E-state index contributed by atoms with van der Waals surface area (Å²) < 4.78 is 0.889. The fraction of sp³-hybridized carbons (Fsp3) is 0.111. The van der Waals surface area contributed by atoms with Crippen LogP contribution in [0.5, 0.6) is 0 Å². The third-order valence-corrected chi connectivity index (χ3v) is 2.27. The van der Waals surface area contributed by atoms with Gasteiger partial charge in [0.25, 0.3) is 5.91 Å². The van der Waals surface area contributed by atoms with Gasteiger partial charge in [0, 0.05) is 10.0 Å². The Morgan fingerprint density at radius 2 is 2.21 bits per heavy atom. The fourth-order valence-corrected chi connectivity index (χ4v) is 1.60. The first kappa shape index (κ1) is 10.7. The highest BCUT2D eigenvalue weighted by Crippen LogP contribution is 2.16. The van der Waals surface area contributed by atoms with E-state index in [-0.39, 0.29) is 5.71 Å². The highest BCUT2D eigenvalue weighted by molar-refractivity contribution is 9.10. The smallest absolute Gasteiger partial charge is 0.271 e. The van der Waals surface area contributed by atoms with Gasteiger partial charge in [0.1, 0.15) is 0 Å². The molecule has 0 spiro atoms. The van der Waals surface area contributed by atoms with Crippen LogP contribution in [0.3, 0.4) is 0 Å². The average molecular weight is 257 g/mol. The average Bonchev–Trinajstić information content (AvgIpc) is 2.09. The van der Waals surface area contributed by atoms with Crippen LogP contribution in [0.2, 0.25) is 0 Å². The largest absolute Gasteiger partial charge is 0.410 e. The molecule has 3 N–H and O–H groups in total. The molecular formula is C9H9BrN2O2. The molecule has 0 saturated heterocycles. The molecule has 0 aliphatic rings. The van der Waals surface area contributed by atoms with E-state index >= 15 is 0 Å². The van der Waals surface area contributed by atoms with Gasteiger partial charge in [-0.2, -0.15) is 0 Å². The van der Waals surface area contributed by atoms with Crippen molar-refractivity contribution in [2.45, 2.75) is 6.92 Å². The summed E-state index contributed by atoms with van der Waals surface area (Å²) in [6.07, 6.45) is 0. The molecule has 0 fully saturated rings. The molecule has 74 valence electrons. The van der Waals surface area contributed by atoms with Crippen molar-refractivity contribution < 1.29 is 10.0 Å². The zero-order chi connectivity index (χ0) is 10.7. The molecule has 1 rings (SSSR count). The van der Waals surface area contributed by atoms with Gasteiger partial charge in [0.2, 0.25) is 0 Å². The topological polar surface area (TPSA) is 75.7 Å². The SMILES string of the molecule is Cc1cc(Br)ccc1/C(=N/O)C(N)=O. The van der Waals surface area contributed by atoms with Crippen LogP contribution in [0.25, 0.3) is 0 Å². The molecule has 0 unspecified atom stereocenters. The zero-order valence-corrected chi connectivity index (χ0v) is 9.08. The second kappa shape index (κ2) is 4.23. The molecule has 0 saturated carbocycles. The predicted octanol–water partition coefficient (Wildman–Crippen LogP) is 1.42. The number of rotatable bonds is 2. The molecule has 4 nitrogen and oxygen atoms in total. The van der Waals surface area contributed by atoms with Gasteiger partial charge in [-0.1, -0.05) is 27.2 Å². The van der Waals surface area contributed by atoms with Gasteiger partial charge >= 0.3 is 0 Å². The second-order valence-corrected chi connectivity index (χ2v) is 3.69. The number of aryl methyl sites for hydroxylation is 1. The van der Waals surface area contributed by atoms with Crippen LogP contribution in [0.1, 0.15) is 11.1 Å². The van der Waals surface area contributed by atoms with E-state index in [0.29, 0.717) is 5.56 Å². The van der Waals surface area contributed by atoms with Crippen molar-refractivity contribution in [1.29, 1.82) is 0 Å². The van der Waals surface area contributed by atoms with Crippen molar-refractivity contribution >= 4 is 27.5 Å². The summed E-state index contributed by atoms with van der Waals surface area (Å²) in [6, 6.07) is 5.22. The number of halogens is 1. The third-order valence-electron chi connectivity index (χ3n) is 1.78. The zero-order valence-electron chi connectivity index (χ0n) is 7.49. The highest BCUT2D eigenvalue weighted by atomic mass is 79.9. The Morgan fingerprint density at radius 3 is 2.64 bits per heavy atom. The number of benzene rings is 1. The lowest BCUT2D eigenvalue weighted by atomic mass is 10.0. The molecule has 0 atom stereocenters. The molecule has 0 radical (unpaired) electrons. The number of nitrogens with zero attached hydrogens (tertiary/aromatic N) is 1. The number of nitrogens with two attached hydrogens (primary N) is 1. The van der Waals surface area contributed by atoms with Gasteiger partial charge in [-0.15, -0.1) is 0 Å².